The fourth-order valence-electron chi connectivity index (χ4n) is 5.67. The molecule has 0 aliphatic carbocycles. The number of hydrogen-bond acceptors (Lipinski definition) is 7. The van der Waals surface area contributed by atoms with Crippen LogP contribution in [0.4, 0.5) is 39.1 Å². The number of hydrogen-bond donors (Lipinski definition) is 4. The van der Waals surface area contributed by atoms with Gasteiger partial charge >= 0.3 is 12.1 Å². The van der Waals surface area contributed by atoms with Crippen molar-refractivity contribution >= 4 is 45.1 Å². The molecule has 14 heteroatoms. The van der Waals surface area contributed by atoms with Crippen LogP contribution in [-0.4, -0.2) is 70.1 Å². The van der Waals surface area contributed by atoms with Crippen LogP contribution < -0.4 is 15.1 Å². The zero-order valence-corrected chi connectivity index (χ0v) is 21.7. The Balaban J connectivity index is 1.63. The predicted molar refractivity (Wildman–Crippen MR) is 142 cm³/mol. The smallest absolute Gasteiger partial charge is 0.418 e. The van der Waals surface area contributed by atoms with Crippen molar-refractivity contribution in [3.8, 4) is 11.1 Å². The summed E-state index contributed by atoms with van der Waals surface area (Å²) >= 11 is 0. The maximum atomic E-state index is 15.4. The van der Waals surface area contributed by atoms with E-state index in [1.165, 1.54) is 30.5 Å². The highest BCUT2D eigenvalue weighted by molar-refractivity contribution is 6.18. The van der Waals surface area contributed by atoms with Gasteiger partial charge in [-0.25, -0.2) is 23.5 Å². The molecule has 6 rings (SSSR count). The van der Waals surface area contributed by atoms with E-state index in [-0.39, 0.29) is 57.4 Å². The zero-order valence-electron chi connectivity index (χ0n) is 21.7. The SMILES string of the molecule is CNc1cc(F)c(F)c2c1[nH]c1ncc(-c3cnc4c(c3)CC(C(=O)O)=CN4C)c(N3CCC(O)(C(F)(F)F)C3)c12. The Kier molecular flexibility index (Phi) is 5.89. The van der Waals surface area contributed by atoms with Gasteiger partial charge in [0, 0.05) is 74.8 Å². The van der Waals surface area contributed by atoms with Gasteiger partial charge in [-0.2, -0.15) is 13.2 Å². The second-order valence-electron chi connectivity index (χ2n) is 10.2. The van der Waals surface area contributed by atoms with Crippen molar-refractivity contribution < 1.29 is 37.0 Å². The number of halogens is 5. The van der Waals surface area contributed by atoms with Crippen molar-refractivity contribution in [2.24, 2.45) is 0 Å². The van der Waals surface area contributed by atoms with Crippen LogP contribution in [0.2, 0.25) is 0 Å². The molecule has 1 saturated heterocycles. The molecule has 2 aliphatic heterocycles. The van der Waals surface area contributed by atoms with Crippen LogP contribution in [0, 0.1) is 11.6 Å². The van der Waals surface area contributed by atoms with E-state index in [1.54, 1.807) is 18.0 Å². The Hall–Kier alpha value is -4.46. The molecule has 41 heavy (non-hydrogen) atoms. The third-order valence-electron chi connectivity index (χ3n) is 7.72. The summed E-state index contributed by atoms with van der Waals surface area (Å²) in [6.45, 7) is -1.09. The number of alkyl halides is 3. The Bertz CT molecular complexity index is 1790. The molecule has 4 aromatic rings. The van der Waals surface area contributed by atoms with Gasteiger partial charge < -0.3 is 30.3 Å². The van der Waals surface area contributed by atoms with Crippen LogP contribution in [0.3, 0.4) is 0 Å². The fraction of sp³-hybridized carbons (Fsp3) is 0.296. The number of benzene rings is 1. The number of aliphatic hydroxyl groups is 1. The van der Waals surface area contributed by atoms with E-state index in [9.17, 15) is 32.6 Å². The number of nitrogens with zero attached hydrogens (tertiary/aromatic N) is 4. The quantitative estimate of drug-likeness (QED) is 0.262. The first-order valence-electron chi connectivity index (χ1n) is 12.5. The second-order valence-corrected chi connectivity index (χ2v) is 10.2. The summed E-state index contributed by atoms with van der Waals surface area (Å²) in [5.74, 6) is -3.01. The van der Waals surface area contributed by atoms with Crippen LogP contribution in [0.1, 0.15) is 12.0 Å². The summed E-state index contributed by atoms with van der Waals surface area (Å²) < 4.78 is 71.6. The van der Waals surface area contributed by atoms with E-state index >= 15 is 4.39 Å². The first-order valence-corrected chi connectivity index (χ1v) is 12.5. The molecule has 0 amide bonds. The number of nitrogens with one attached hydrogen (secondary N) is 2. The molecule has 1 atom stereocenters. The molecule has 9 nitrogen and oxygen atoms in total. The minimum atomic E-state index is -4.93. The molecule has 1 unspecified atom stereocenters. The predicted octanol–water partition coefficient (Wildman–Crippen LogP) is 4.56. The lowest BCUT2D eigenvalue weighted by Crippen LogP contribution is -2.47. The van der Waals surface area contributed by atoms with Crippen LogP contribution in [0.5, 0.6) is 0 Å². The van der Waals surface area contributed by atoms with Crippen molar-refractivity contribution in [1.82, 2.24) is 15.0 Å². The molecule has 0 spiro atoms. The van der Waals surface area contributed by atoms with E-state index in [0.717, 1.165) is 6.07 Å². The minimum Gasteiger partial charge on any atom is -0.478 e. The van der Waals surface area contributed by atoms with E-state index in [4.69, 9.17) is 0 Å². The van der Waals surface area contributed by atoms with Gasteiger partial charge in [0.05, 0.1) is 39.8 Å². The number of aromatic amines is 1. The zero-order chi connectivity index (χ0) is 29.4. The molecule has 4 N–H and O–H groups in total. The highest BCUT2D eigenvalue weighted by atomic mass is 19.4. The molecular formula is C27H23F5N6O3. The Morgan fingerprint density at radius 2 is 1.93 bits per heavy atom. The van der Waals surface area contributed by atoms with Gasteiger partial charge in [0.1, 0.15) is 11.5 Å². The number of aromatic nitrogens is 3. The molecular weight excluding hydrogens is 551 g/mol. The summed E-state index contributed by atoms with van der Waals surface area (Å²) in [5.41, 5.74) is -1.17. The Labute approximate surface area is 228 Å². The summed E-state index contributed by atoms with van der Waals surface area (Å²) in [6.07, 6.45) is -1.24. The van der Waals surface area contributed by atoms with Gasteiger partial charge in [0.2, 0.25) is 0 Å². The number of anilines is 3. The van der Waals surface area contributed by atoms with Crippen molar-refractivity contribution in [2.75, 3.05) is 42.3 Å². The van der Waals surface area contributed by atoms with Crippen LogP contribution >= 0.6 is 0 Å². The second kappa shape index (κ2) is 9.03. The van der Waals surface area contributed by atoms with Crippen LogP contribution in [-0.2, 0) is 11.2 Å². The topological polar surface area (TPSA) is 118 Å². The van der Waals surface area contributed by atoms with E-state index in [0.29, 0.717) is 16.9 Å². The van der Waals surface area contributed by atoms with E-state index in [2.05, 4.69) is 20.3 Å². The third-order valence-corrected chi connectivity index (χ3v) is 7.72. The molecule has 3 aromatic heterocycles. The lowest BCUT2D eigenvalue weighted by atomic mass is 9.97. The number of carbonyl (C=O) groups is 1. The molecule has 214 valence electrons. The molecule has 5 heterocycles. The minimum absolute atomic E-state index is 0.0385. The molecule has 2 aliphatic rings. The summed E-state index contributed by atoms with van der Waals surface area (Å²) in [5, 5.41) is 22.6. The van der Waals surface area contributed by atoms with Crippen molar-refractivity contribution in [1.29, 1.82) is 0 Å². The van der Waals surface area contributed by atoms with Crippen LogP contribution in [0.15, 0.2) is 36.3 Å². The number of H-pyrrole nitrogens is 1. The van der Waals surface area contributed by atoms with Crippen molar-refractivity contribution in [2.45, 2.75) is 24.6 Å². The maximum absolute atomic E-state index is 15.4. The van der Waals surface area contributed by atoms with Crippen molar-refractivity contribution in [3.05, 3.63) is 53.5 Å². The van der Waals surface area contributed by atoms with Crippen LogP contribution in [0.25, 0.3) is 33.1 Å². The number of β-amino-alcohol motifs (C(OH)–C–C–N with tert-alkyl or cyclic N) is 1. The lowest BCUT2D eigenvalue weighted by Gasteiger charge is -2.28. The summed E-state index contributed by atoms with van der Waals surface area (Å²) in [7, 11) is 3.15. The lowest BCUT2D eigenvalue weighted by molar-refractivity contribution is -0.250. The summed E-state index contributed by atoms with van der Waals surface area (Å²) in [4.78, 5) is 26.3. The van der Waals surface area contributed by atoms with Crippen molar-refractivity contribution in [3.63, 3.8) is 0 Å². The number of aliphatic carboxylic acids is 1. The van der Waals surface area contributed by atoms with Gasteiger partial charge in [0.25, 0.3) is 0 Å². The monoisotopic (exact) mass is 574 g/mol. The van der Waals surface area contributed by atoms with Gasteiger partial charge in [-0.3, -0.25) is 0 Å². The first-order chi connectivity index (χ1) is 19.3. The fourth-order valence-corrected chi connectivity index (χ4v) is 5.67. The highest BCUT2D eigenvalue weighted by Crippen LogP contribution is 2.47. The number of carboxylic acids is 1. The molecule has 0 radical (unpaired) electrons. The summed E-state index contributed by atoms with van der Waals surface area (Å²) in [6, 6.07) is 2.61. The largest absolute Gasteiger partial charge is 0.478 e. The number of fused-ring (bicyclic) bond motifs is 4. The molecule has 0 saturated carbocycles. The average Bonchev–Trinajstić information content (AvgIpc) is 3.51. The standard InChI is InChI=1S/C27H23F5N6O3/c1-33-17-7-16(28)20(29)18-19-22(38-4-3-26(41,11-38)27(30,31)32)15(9-34-23(19)36-21(17)18)13-5-12-6-14(25(39)40)10-37(2)24(12)35-8-13/h5,7-10,33,41H,3-4,6,11H2,1-2H3,(H,34,36)(H,39,40). The Morgan fingerprint density at radius 1 is 1.17 bits per heavy atom. The maximum Gasteiger partial charge on any atom is 0.418 e. The van der Waals surface area contributed by atoms with Gasteiger partial charge in [-0.05, 0) is 6.07 Å². The third kappa shape index (κ3) is 4.04. The average molecular weight is 575 g/mol. The molecule has 1 aromatic carbocycles. The molecule has 1 fully saturated rings. The molecule has 0 bridgehead atoms. The van der Waals surface area contributed by atoms with Gasteiger partial charge in [-0.1, -0.05) is 0 Å². The van der Waals surface area contributed by atoms with Gasteiger partial charge in [-0.15, -0.1) is 0 Å². The number of pyridine rings is 2. The van der Waals surface area contributed by atoms with E-state index in [1.807, 2.05) is 0 Å². The van der Waals surface area contributed by atoms with E-state index < -0.39 is 42.3 Å². The van der Waals surface area contributed by atoms with Gasteiger partial charge in [0.15, 0.2) is 17.2 Å². The number of rotatable bonds is 4. The first kappa shape index (κ1) is 26.7. The normalized spacial score (nSPS) is 19.2. The Morgan fingerprint density at radius 3 is 2.59 bits per heavy atom. The highest BCUT2D eigenvalue weighted by Gasteiger charge is 2.57. The number of carboxylic acid groups (broad SMARTS) is 1.